The van der Waals surface area contributed by atoms with Crippen LogP contribution in [0.25, 0.3) is 5.78 Å². The number of thioether (sulfide) groups is 2. The van der Waals surface area contributed by atoms with Gasteiger partial charge in [-0.25, -0.2) is 0 Å². The maximum atomic E-state index is 12.1. The number of rotatable bonds is 6. The molecule has 0 unspecified atom stereocenters. The van der Waals surface area contributed by atoms with Crippen LogP contribution in [-0.4, -0.2) is 42.2 Å². The van der Waals surface area contributed by atoms with Gasteiger partial charge < -0.3 is 5.32 Å². The lowest BCUT2D eigenvalue weighted by atomic mass is 10.3. The van der Waals surface area contributed by atoms with Crippen molar-refractivity contribution < 1.29 is 4.79 Å². The van der Waals surface area contributed by atoms with Crippen molar-refractivity contribution in [1.82, 2.24) is 24.8 Å². The van der Waals surface area contributed by atoms with E-state index in [4.69, 9.17) is 5.26 Å². The molecule has 0 radical (unpaired) electrons. The first kappa shape index (κ1) is 15.4. The molecule has 0 atom stereocenters. The van der Waals surface area contributed by atoms with Crippen molar-refractivity contribution in [1.29, 1.82) is 5.26 Å². The second kappa shape index (κ2) is 7.17. The molecular weight excluding hydrogens is 334 g/mol. The number of hydrogen-bond donors (Lipinski definition) is 2. The Hall–Kier alpha value is -2.51. The van der Waals surface area contributed by atoms with E-state index in [1.807, 2.05) is 24.3 Å². The number of nitrogens with zero attached hydrogens (tertiary/aromatic N) is 5. The SMILES string of the molecule is N#CCSc1ccccc1NC(=O)CSc1nnc2nc[nH]n12. The monoisotopic (exact) mass is 345 g/mol. The van der Waals surface area contributed by atoms with E-state index >= 15 is 0 Å². The standard InChI is InChI=1S/C13H11N7OS2/c14-5-6-22-10-4-2-1-3-9(10)17-11(21)7-23-13-19-18-12-15-8-16-20(12)13/h1-4,8H,6-7H2,(H,17,21)(H,15,16,18). The summed E-state index contributed by atoms with van der Waals surface area (Å²) in [5.41, 5.74) is 0.700. The fourth-order valence-corrected chi connectivity index (χ4v) is 3.18. The highest BCUT2D eigenvalue weighted by Gasteiger charge is 2.12. The van der Waals surface area contributed by atoms with Crippen molar-refractivity contribution in [2.45, 2.75) is 10.1 Å². The first-order chi connectivity index (χ1) is 11.3. The lowest BCUT2D eigenvalue weighted by Crippen LogP contribution is -2.15. The Morgan fingerprint density at radius 3 is 3.09 bits per heavy atom. The minimum Gasteiger partial charge on any atom is -0.324 e. The highest BCUT2D eigenvalue weighted by Crippen LogP contribution is 2.27. The molecule has 116 valence electrons. The van der Waals surface area contributed by atoms with E-state index in [1.165, 1.54) is 29.9 Å². The van der Waals surface area contributed by atoms with Gasteiger partial charge in [0.15, 0.2) is 0 Å². The topological polar surface area (TPSA) is 112 Å². The zero-order chi connectivity index (χ0) is 16.1. The maximum Gasteiger partial charge on any atom is 0.272 e. The number of para-hydroxylation sites is 1. The fourth-order valence-electron chi connectivity index (χ4n) is 1.82. The van der Waals surface area contributed by atoms with E-state index in [9.17, 15) is 4.79 Å². The van der Waals surface area contributed by atoms with E-state index in [2.05, 4.69) is 31.7 Å². The van der Waals surface area contributed by atoms with Gasteiger partial charge in [0.1, 0.15) is 6.33 Å². The number of H-pyrrole nitrogens is 1. The molecule has 1 aromatic carbocycles. The molecule has 0 saturated carbocycles. The van der Waals surface area contributed by atoms with Crippen molar-refractivity contribution >= 4 is 40.9 Å². The summed E-state index contributed by atoms with van der Waals surface area (Å²) in [7, 11) is 0. The Morgan fingerprint density at radius 1 is 1.35 bits per heavy atom. The largest absolute Gasteiger partial charge is 0.324 e. The van der Waals surface area contributed by atoms with Gasteiger partial charge >= 0.3 is 0 Å². The number of hydrogen-bond acceptors (Lipinski definition) is 7. The maximum absolute atomic E-state index is 12.1. The molecule has 3 aromatic rings. The summed E-state index contributed by atoms with van der Waals surface area (Å²) in [6.45, 7) is 0. The molecule has 0 saturated heterocycles. The predicted octanol–water partition coefficient (Wildman–Crippen LogP) is 1.80. The van der Waals surface area contributed by atoms with Crippen molar-refractivity contribution in [3.05, 3.63) is 30.6 Å². The van der Waals surface area contributed by atoms with Crippen LogP contribution < -0.4 is 5.32 Å². The number of fused-ring (bicyclic) bond motifs is 1. The number of aromatic nitrogens is 5. The molecule has 0 aliphatic carbocycles. The highest BCUT2D eigenvalue weighted by molar-refractivity contribution is 8.00. The van der Waals surface area contributed by atoms with Gasteiger partial charge in [-0.2, -0.15) is 14.8 Å². The van der Waals surface area contributed by atoms with Crippen molar-refractivity contribution in [2.24, 2.45) is 0 Å². The van der Waals surface area contributed by atoms with E-state index in [-0.39, 0.29) is 11.7 Å². The van der Waals surface area contributed by atoms with Crippen LogP contribution in [0, 0.1) is 11.3 Å². The number of nitrogens with one attached hydrogen (secondary N) is 2. The number of carbonyl (C=O) groups excluding carboxylic acids is 1. The Kier molecular flexibility index (Phi) is 4.80. The summed E-state index contributed by atoms with van der Waals surface area (Å²) in [5.74, 6) is 0.832. The van der Waals surface area contributed by atoms with Gasteiger partial charge in [0.25, 0.3) is 5.78 Å². The predicted molar refractivity (Wildman–Crippen MR) is 87.3 cm³/mol. The summed E-state index contributed by atoms with van der Waals surface area (Å²) in [6, 6.07) is 9.47. The van der Waals surface area contributed by atoms with Crippen LogP contribution in [0.2, 0.25) is 0 Å². The van der Waals surface area contributed by atoms with Gasteiger partial charge in [0.2, 0.25) is 11.1 Å². The molecule has 2 aromatic heterocycles. The zero-order valence-electron chi connectivity index (χ0n) is 11.8. The normalized spacial score (nSPS) is 10.6. The number of nitriles is 1. The van der Waals surface area contributed by atoms with Gasteiger partial charge in [-0.05, 0) is 12.1 Å². The Labute approximate surface area is 139 Å². The lowest BCUT2D eigenvalue weighted by Gasteiger charge is -2.09. The molecule has 10 heteroatoms. The molecule has 23 heavy (non-hydrogen) atoms. The number of benzene rings is 1. The number of anilines is 1. The van der Waals surface area contributed by atoms with Crippen molar-refractivity contribution in [2.75, 3.05) is 16.8 Å². The van der Waals surface area contributed by atoms with Crippen LogP contribution in [0.5, 0.6) is 0 Å². The molecule has 0 aliphatic heterocycles. The third-order valence-electron chi connectivity index (χ3n) is 2.77. The molecular formula is C13H11N7OS2. The summed E-state index contributed by atoms with van der Waals surface area (Å²) in [6.07, 6.45) is 1.51. The minimum atomic E-state index is -0.156. The van der Waals surface area contributed by atoms with Crippen LogP contribution in [0.4, 0.5) is 5.69 Å². The van der Waals surface area contributed by atoms with Crippen LogP contribution in [0.15, 0.2) is 40.6 Å². The van der Waals surface area contributed by atoms with Crippen LogP contribution in [0.3, 0.4) is 0 Å². The summed E-state index contributed by atoms with van der Waals surface area (Å²) in [5, 5.41) is 22.8. The van der Waals surface area contributed by atoms with Gasteiger partial charge in [0, 0.05) is 4.90 Å². The van der Waals surface area contributed by atoms with E-state index in [1.54, 1.807) is 4.52 Å². The molecule has 8 nitrogen and oxygen atoms in total. The zero-order valence-corrected chi connectivity index (χ0v) is 13.4. The van der Waals surface area contributed by atoms with E-state index in [0.717, 1.165) is 4.90 Å². The Bertz CT molecular complexity index is 866. The second-order valence-electron chi connectivity index (χ2n) is 4.29. The minimum absolute atomic E-state index is 0.156. The lowest BCUT2D eigenvalue weighted by molar-refractivity contribution is -0.113. The number of amides is 1. The molecule has 1 amide bonds. The van der Waals surface area contributed by atoms with E-state index in [0.29, 0.717) is 22.4 Å². The average molecular weight is 345 g/mol. The number of aromatic amines is 1. The van der Waals surface area contributed by atoms with Crippen molar-refractivity contribution in [3.8, 4) is 6.07 Å². The average Bonchev–Trinajstić information content (AvgIpc) is 3.16. The number of carbonyl (C=O) groups is 1. The highest BCUT2D eigenvalue weighted by atomic mass is 32.2. The first-order valence-corrected chi connectivity index (χ1v) is 8.51. The molecule has 0 aliphatic rings. The van der Waals surface area contributed by atoms with Crippen LogP contribution >= 0.6 is 23.5 Å². The Balaban J connectivity index is 1.61. The Morgan fingerprint density at radius 2 is 2.22 bits per heavy atom. The summed E-state index contributed by atoms with van der Waals surface area (Å²) >= 11 is 2.64. The first-order valence-electron chi connectivity index (χ1n) is 6.54. The van der Waals surface area contributed by atoms with Gasteiger partial charge in [0.05, 0.1) is 23.3 Å². The molecule has 0 spiro atoms. The second-order valence-corrected chi connectivity index (χ2v) is 6.24. The third kappa shape index (κ3) is 3.64. The third-order valence-corrected chi connectivity index (χ3v) is 4.64. The quantitative estimate of drug-likeness (QED) is 0.655. The molecule has 0 fully saturated rings. The smallest absolute Gasteiger partial charge is 0.272 e. The summed E-state index contributed by atoms with van der Waals surface area (Å²) in [4.78, 5) is 17.0. The van der Waals surface area contributed by atoms with Gasteiger partial charge in [-0.1, -0.05) is 23.9 Å². The molecule has 0 bridgehead atoms. The van der Waals surface area contributed by atoms with Crippen LogP contribution in [-0.2, 0) is 4.79 Å². The summed E-state index contributed by atoms with van der Waals surface area (Å²) < 4.78 is 1.61. The van der Waals surface area contributed by atoms with Gasteiger partial charge in [-0.15, -0.1) is 22.0 Å². The van der Waals surface area contributed by atoms with Crippen LogP contribution in [0.1, 0.15) is 0 Å². The molecule has 2 heterocycles. The van der Waals surface area contributed by atoms with E-state index < -0.39 is 0 Å². The molecule has 2 N–H and O–H groups in total. The van der Waals surface area contributed by atoms with Gasteiger partial charge in [-0.3, -0.25) is 9.89 Å². The van der Waals surface area contributed by atoms with Crippen molar-refractivity contribution in [3.63, 3.8) is 0 Å². The fraction of sp³-hybridized carbons (Fsp3) is 0.154. The molecule has 3 rings (SSSR count).